The molecule has 2 aliphatic heterocycles. The van der Waals surface area contributed by atoms with Gasteiger partial charge in [-0.3, -0.25) is 0 Å². The Balaban J connectivity index is 1.70. The summed E-state index contributed by atoms with van der Waals surface area (Å²) in [6.45, 7) is 4.18. The number of ether oxygens (including phenoxy) is 2. The molecule has 3 atom stereocenters. The van der Waals surface area contributed by atoms with Crippen molar-refractivity contribution in [3.63, 3.8) is 0 Å². The molecule has 1 aromatic rings. The maximum Gasteiger partial charge on any atom is 0.132 e. The van der Waals surface area contributed by atoms with E-state index in [9.17, 15) is 5.11 Å². The molecule has 1 N–H and O–H groups in total. The van der Waals surface area contributed by atoms with Gasteiger partial charge in [0, 0.05) is 26.1 Å². The van der Waals surface area contributed by atoms with Crippen molar-refractivity contribution in [1.29, 1.82) is 0 Å². The molecule has 0 aromatic carbocycles. The van der Waals surface area contributed by atoms with Gasteiger partial charge in [0.2, 0.25) is 0 Å². The zero-order valence-corrected chi connectivity index (χ0v) is 11.4. The van der Waals surface area contributed by atoms with Gasteiger partial charge < -0.3 is 19.0 Å². The van der Waals surface area contributed by atoms with Crippen LogP contribution in [0.5, 0.6) is 0 Å². The molecule has 1 aromatic heterocycles. The maximum absolute atomic E-state index is 10.5. The van der Waals surface area contributed by atoms with Crippen molar-refractivity contribution in [1.82, 2.24) is 0 Å². The van der Waals surface area contributed by atoms with Crippen LogP contribution in [0.4, 0.5) is 0 Å². The Kier molecular flexibility index (Phi) is 3.65. The Labute approximate surface area is 113 Å². The van der Waals surface area contributed by atoms with E-state index in [1.165, 1.54) is 0 Å². The van der Waals surface area contributed by atoms with Crippen LogP contribution in [-0.2, 0) is 15.9 Å². The molecule has 4 nitrogen and oxygen atoms in total. The first kappa shape index (κ1) is 13.2. The molecule has 0 bridgehead atoms. The molecule has 106 valence electrons. The van der Waals surface area contributed by atoms with Gasteiger partial charge in [-0.15, -0.1) is 0 Å². The standard InChI is InChI=1S/C15H22O4/c1-2-12-3-4-13(19-12)14(16)11-5-7-18-15(9-11)6-8-17-10-15/h3-4,11,14,16H,2,5-10H2,1H3. The molecular weight excluding hydrogens is 244 g/mol. The third-order valence-corrected chi connectivity index (χ3v) is 4.37. The summed E-state index contributed by atoms with van der Waals surface area (Å²) in [4.78, 5) is 0. The molecule has 0 amide bonds. The fraction of sp³-hybridized carbons (Fsp3) is 0.733. The van der Waals surface area contributed by atoms with E-state index < -0.39 is 6.10 Å². The quantitative estimate of drug-likeness (QED) is 0.913. The Morgan fingerprint density at radius 2 is 2.32 bits per heavy atom. The lowest BCUT2D eigenvalue weighted by Gasteiger charge is -2.38. The molecule has 0 radical (unpaired) electrons. The molecule has 0 saturated carbocycles. The summed E-state index contributed by atoms with van der Waals surface area (Å²) in [6, 6.07) is 3.85. The molecule has 4 heteroatoms. The van der Waals surface area contributed by atoms with Gasteiger partial charge in [-0.25, -0.2) is 0 Å². The number of hydrogen-bond acceptors (Lipinski definition) is 4. The molecule has 3 unspecified atom stereocenters. The molecular formula is C15H22O4. The molecule has 1 spiro atoms. The van der Waals surface area contributed by atoms with Crippen molar-refractivity contribution in [3.05, 3.63) is 23.7 Å². The highest BCUT2D eigenvalue weighted by Crippen LogP contribution is 2.41. The van der Waals surface area contributed by atoms with Crippen molar-refractivity contribution in [2.75, 3.05) is 19.8 Å². The Morgan fingerprint density at radius 3 is 3.00 bits per heavy atom. The highest BCUT2D eigenvalue weighted by molar-refractivity contribution is 5.11. The average molecular weight is 266 g/mol. The van der Waals surface area contributed by atoms with Crippen molar-refractivity contribution in [3.8, 4) is 0 Å². The normalized spacial score (nSPS) is 32.8. The van der Waals surface area contributed by atoms with Crippen LogP contribution in [0.25, 0.3) is 0 Å². The van der Waals surface area contributed by atoms with Gasteiger partial charge in [-0.05, 0) is 30.9 Å². The summed E-state index contributed by atoms with van der Waals surface area (Å²) < 4.78 is 17.0. The number of furan rings is 1. The van der Waals surface area contributed by atoms with Crippen LogP contribution in [0.3, 0.4) is 0 Å². The number of hydrogen-bond donors (Lipinski definition) is 1. The number of aryl methyl sites for hydroxylation is 1. The van der Waals surface area contributed by atoms with E-state index in [1.54, 1.807) is 0 Å². The summed E-state index contributed by atoms with van der Waals surface area (Å²) in [5, 5.41) is 10.5. The molecule has 2 saturated heterocycles. The number of aliphatic hydroxyl groups is 1. The van der Waals surface area contributed by atoms with E-state index in [0.717, 1.165) is 38.1 Å². The summed E-state index contributed by atoms with van der Waals surface area (Å²) in [6.07, 6.45) is 3.01. The zero-order chi connectivity index (χ0) is 13.3. The highest BCUT2D eigenvalue weighted by atomic mass is 16.6. The monoisotopic (exact) mass is 266 g/mol. The molecule has 3 heterocycles. The third kappa shape index (κ3) is 2.57. The topological polar surface area (TPSA) is 51.8 Å². The van der Waals surface area contributed by atoms with Gasteiger partial charge in [0.1, 0.15) is 17.6 Å². The van der Waals surface area contributed by atoms with Gasteiger partial charge >= 0.3 is 0 Å². The summed E-state index contributed by atoms with van der Waals surface area (Å²) in [5.41, 5.74) is -0.163. The maximum atomic E-state index is 10.5. The zero-order valence-electron chi connectivity index (χ0n) is 11.4. The van der Waals surface area contributed by atoms with Gasteiger partial charge in [0.15, 0.2) is 0 Å². The van der Waals surface area contributed by atoms with E-state index >= 15 is 0 Å². The minimum Gasteiger partial charge on any atom is -0.463 e. The lowest BCUT2D eigenvalue weighted by molar-refractivity contribution is -0.119. The van der Waals surface area contributed by atoms with Crippen LogP contribution >= 0.6 is 0 Å². The fourth-order valence-electron chi connectivity index (χ4n) is 3.17. The molecule has 2 fully saturated rings. The average Bonchev–Trinajstić information content (AvgIpc) is 3.07. The van der Waals surface area contributed by atoms with E-state index in [0.29, 0.717) is 19.0 Å². The first-order valence-corrected chi connectivity index (χ1v) is 7.21. The second kappa shape index (κ2) is 5.27. The minimum atomic E-state index is -0.526. The Morgan fingerprint density at radius 1 is 1.42 bits per heavy atom. The first-order valence-electron chi connectivity index (χ1n) is 7.21. The first-order chi connectivity index (χ1) is 9.22. The van der Waals surface area contributed by atoms with Crippen LogP contribution in [0.2, 0.25) is 0 Å². The summed E-state index contributed by atoms with van der Waals surface area (Å²) in [7, 11) is 0. The van der Waals surface area contributed by atoms with E-state index in [2.05, 4.69) is 0 Å². The van der Waals surface area contributed by atoms with Crippen molar-refractivity contribution < 1.29 is 19.0 Å². The predicted octanol–water partition coefficient (Wildman–Crippen LogP) is 2.46. The molecule has 3 rings (SSSR count). The molecule has 0 aliphatic carbocycles. The van der Waals surface area contributed by atoms with Crippen molar-refractivity contribution in [2.45, 2.75) is 44.3 Å². The van der Waals surface area contributed by atoms with Crippen LogP contribution in [0.1, 0.15) is 43.8 Å². The van der Waals surface area contributed by atoms with Crippen LogP contribution in [0.15, 0.2) is 16.5 Å². The van der Waals surface area contributed by atoms with Crippen molar-refractivity contribution in [2.24, 2.45) is 5.92 Å². The second-order valence-corrected chi connectivity index (χ2v) is 5.69. The largest absolute Gasteiger partial charge is 0.463 e. The smallest absolute Gasteiger partial charge is 0.132 e. The SMILES string of the molecule is CCc1ccc(C(O)C2CCOC3(CCOC3)C2)o1. The predicted molar refractivity (Wildman–Crippen MR) is 69.9 cm³/mol. The number of rotatable bonds is 3. The Bertz CT molecular complexity index is 420. The number of aliphatic hydroxyl groups excluding tert-OH is 1. The van der Waals surface area contributed by atoms with Crippen LogP contribution < -0.4 is 0 Å². The minimum absolute atomic E-state index is 0.163. The van der Waals surface area contributed by atoms with Gasteiger partial charge in [0.25, 0.3) is 0 Å². The van der Waals surface area contributed by atoms with E-state index in [1.807, 2.05) is 19.1 Å². The summed E-state index contributed by atoms with van der Waals surface area (Å²) in [5.74, 6) is 1.82. The van der Waals surface area contributed by atoms with E-state index in [4.69, 9.17) is 13.9 Å². The molecule has 2 aliphatic rings. The third-order valence-electron chi connectivity index (χ3n) is 4.37. The lowest BCUT2D eigenvalue weighted by Crippen LogP contribution is -2.41. The second-order valence-electron chi connectivity index (χ2n) is 5.69. The van der Waals surface area contributed by atoms with Crippen LogP contribution in [-0.4, -0.2) is 30.5 Å². The van der Waals surface area contributed by atoms with E-state index in [-0.39, 0.29) is 11.5 Å². The molecule has 19 heavy (non-hydrogen) atoms. The summed E-state index contributed by atoms with van der Waals surface area (Å²) >= 11 is 0. The lowest BCUT2D eigenvalue weighted by atomic mass is 9.81. The fourth-order valence-corrected chi connectivity index (χ4v) is 3.17. The van der Waals surface area contributed by atoms with Gasteiger partial charge in [-0.2, -0.15) is 0 Å². The van der Waals surface area contributed by atoms with Gasteiger partial charge in [-0.1, -0.05) is 6.92 Å². The Hall–Kier alpha value is -0.840. The van der Waals surface area contributed by atoms with Gasteiger partial charge in [0.05, 0.1) is 12.2 Å². The van der Waals surface area contributed by atoms with Crippen molar-refractivity contribution >= 4 is 0 Å². The highest BCUT2D eigenvalue weighted by Gasteiger charge is 2.43. The van der Waals surface area contributed by atoms with Crippen LogP contribution in [0, 0.1) is 5.92 Å².